The summed E-state index contributed by atoms with van der Waals surface area (Å²) in [7, 11) is 1.87. The largest absolute Gasteiger partial charge is 0.377 e. The first-order valence-electron chi connectivity index (χ1n) is 10.5. The van der Waals surface area contributed by atoms with Gasteiger partial charge in [0.15, 0.2) is 5.96 Å². The predicted octanol–water partition coefficient (Wildman–Crippen LogP) is 2.85. The molecule has 4 fully saturated rings. The van der Waals surface area contributed by atoms with Crippen LogP contribution in [0.1, 0.15) is 64.2 Å². The van der Waals surface area contributed by atoms with Crippen molar-refractivity contribution in [2.45, 2.75) is 82.5 Å². The molecule has 3 saturated carbocycles. The molecule has 1 saturated heterocycles. The molecule has 1 aliphatic heterocycles. The highest BCUT2D eigenvalue weighted by Crippen LogP contribution is 2.62. The van der Waals surface area contributed by atoms with Crippen LogP contribution in [0.4, 0.5) is 0 Å². The zero-order chi connectivity index (χ0) is 17.1. The molecule has 0 bridgehead atoms. The molecule has 0 aromatic heterocycles. The molecule has 0 aromatic rings. The number of hydrogen-bond donors (Lipinski definition) is 2. The first-order valence-corrected chi connectivity index (χ1v) is 10.5. The van der Waals surface area contributed by atoms with Crippen molar-refractivity contribution in [2.24, 2.45) is 16.3 Å². The summed E-state index contributed by atoms with van der Waals surface area (Å²) in [5, 5.41) is 7.18. The Morgan fingerprint density at radius 1 is 1.12 bits per heavy atom. The van der Waals surface area contributed by atoms with E-state index in [1.165, 1.54) is 64.2 Å². The van der Waals surface area contributed by atoms with Crippen LogP contribution in [0.25, 0.3) is 0 Å². The maximum absolute atomic E-state index is 6.08. The monoisotopic (exact) mass is 349 g/mol. The van der Waals surface area contributed by atoms with Gasteiger partial charge in [0.1, 0.15) is 0 Å². The number of fused-ring (bicyclic) bond motifs is 2. The SMILES string of the molecule is CN=C(NCCOC1CCCCCC1)NC1C2CCOC2C12CCC2. The molecule has 2 N–H and O–H groups in total. The highest BCUT2D eigenvalue weighted by Gasteiger charge is 2.66. The van der Waals surface area contributed by atoms with Gasteiger partial charge >= 0.3 is 0 Å². The Kier molecular flexibility index (Phi) is 5.51. The van der Waals surface area contributed by atoms with Gasteiger partial charge in [0.25, 0.3) is 0 Å². The van der Waals surface area contributed by atoms with Crippen LogP contribution in [0.2, 0.25) is 0 Å². The molecule has 1 heterocycles. The lowest BCUT2D eigenvalue weighted by Crippen LogP contribution is -2.72. The van der Waals surface area contributed by atoms with E-state index in [-0.39, 0.29) is 0 Å². The summed E-state index contributed by atoms with van der Waals surface area (Å²) in [4.78, 5) is 4.45. The fourth-order valence-electron chi connectivity index (χ4n) is 5.60. The fraction of sp³-hybridized carbons (Fsp3) is 0.950. The molecule has 4 rings (SSSR count). The molecule has 25 heavy (non-hydrogen) atoms. The molecular weight excluding hydrogens is 314 g/mol. The van der Waals surface area contributed by atoms with Crippen LogP contribution >= 0.6 is 0 Å². The summed E-state index contributed by atoms with van der Waals surface area (Å²) < 4.78 is 12.1. The van der Waals surface area contributed by atoms with Crippen molar-refractivity contribution in [1.29, 1.82) is 0 Å². The van der Waals surface area contributed by atoms with Gasteiger partial charge in [0.05, 0.1) is 18.8 Å². The summed E-state index contributed by atoms with van der Waals surface area (Å²) in [6.07, 6.45) is 14.1. The van der Waals surface area contributed by atoms with Gasteiger partial charge in [0, 0.05) is 37.6 Å². The van der Waals surface area contributed by atoms with Crippen molar-refractivity contribution in [3.05, 3.63) is 0 Å². The standard InChI is InChI=1S/C20H35N3O2/c1-21-19(22-12-14-24-15-7-4-2-3-5-8-15)23-17-16-9-13-25-18(16)20(17)10-6-11-20/h15-18H,2-14H2,1H3,(H2,21,22,23). The van der Waals surface area contributed by atoms with Crippen LogP contribution in [-0.2, 0) is 9.47 Å². The molecule has 0 radical (unpaired) electrons. The number of aliphatic imine (C=N–C) groups is 1. The lowest BCUT2D eigenvalue weighted by molar-refractivity contribution is -0.171. The first-order chi connectivity index (χ1) is 12.3. The Morgan fingerprint density at radius 2 is 1.92 bits per heavy atom. The third-order valence-corrected chi connectivity index (χ3v) is 7.10. The van der Waals surface area contributed by atoms with Crippen LogP contribution in [0.15, 0.2) is 4.99 Å². The van der Waals surface area contributed by atoms with Crippen molar-refractivity contribution in [3.8, 4) is 0 Å². The summed E-state index contributed by atoms with van der Waals surface area (Å²) >= 11 is 0. The van der Waals surface area contributed by atoms with E-state index < -0.39 is 0 Å². The smallest absolute Gasteiger partial charge is 0.191 e. The fourth-order valence-corrected chi connectivity index (χ4v) is 5.60. The molecule has 3 aliphatic carbocycles. The van der Waals surface area contributed by atoms with E-state index >= 15 is 0 Å². The minimum atomic E-state index is 0.398. The number of rotatable bonds is 5. The third-order valence-electron chi connectivity index (χ3n) is 7.10. The molecule has 0 aromatic carbocycles. The Morgan fingerprint density at radius 3 is 2.60 bits per heavy atom. The Hall–Kier alpha value is -0.810. The second-order valence-corrected chi connectivity index (χ2v) is 8.44. The zero-order valence-corrected chi connectivity index (χ0v) is 15.8. The van der Waals surface area contributed by atoms with Crippen LogP contribution in [-0.4, -0.2) is 51.0 Å². The highest BCUT2D eigenvalue weighted by molar-refractivity contribution is 5.80. The maximum Gasteiger partial charge on any atom is 0.191 e. The van der Waals surface area contributed by atoms with E-state index in [4.69, 9.17) is 9.47 Å². The van der Waals surface area contributed by atoms with Gasteiger partial charge < -0.3 is 20.1 Å². The van der Waals surface area contributed by atoms with E-state index in [9.17, 15) is 0 Å². The number of hydrogen-bond acceptors (Lipinski definition) is 3. The first kappa shape index (κ1) is 17.6. The summed E-state index contributed by atoms with van der Waals surface area (Å²) in [5.74, 6) is 1.62. The lowest BCUT2D eigenvalue weighted by atomic mass is 9.46. The molecule has 5 heteroatoms. The van der Waals surface area contributed by atoms with E-state index in [1.807, 2.05) is 7.05 Å². The summed E-state index contributed by atoms with van der Waals surface area (Å²) in [6, 6.07) is 0.544. The number of ether oxygens (including phenoxy) is 2. The van der Waals surface area contributed by atoms with Crippen LogP contribution in [0.5, 0.6) is 0 Å². The highest BCUT2D eigenvalue weighted by atomic mass is 16.5. The van der Waals surface area contributed by atoms with E-state index in [1.54, 1.807) is 0 Å². The van der Waals surface area contributed by atoms with Gasteiger partial charge in [-0.1, -0.05) is 32.1 Å². The Labute approximate surface area is 152 Å². The second kappa shape index (κ2) is 7.83. The average molecular weight is 350 g/mol. The van der Waals surface area contributed by atoms with Crippen LogP contribution in [0.3, 0.4) is 0 Å². The van der Waals surface area contributed by atoms with Crippen LogP contribution in [0, 0.1) is 11.3 Å². The lowest BCUT2D eigenvalue weighted by Gasteiger charge is -2.63. The quantitative estimate of drug-likeness (QED) is 0.347. The van der Waals surface area contributed by atoms with E-state index in [0.29, 0.717) is 29.6 Å². The number of guanidine groups is 1. The zero-order valence-electron chi connectivity index (χ0n) is 15.8. The summed E-state index contributed by atoms with van der Waals surface area (Å²) in [5.41, 5.74) is 0.398. The van der Waals surface area contributed by atoms with Gasteiger partial charge in [-0.2, -0.15) is 0 Å². The average Bonchev–Trinajstić information content (AvgIpc) is 2.83. The Balaban J connectivity index is 1.20. The van der Waals surface area contributed by atoms with E-state index in [2.05, 4.69) is 15.6 Å². The minimum absolute atomic E-state index is 0.398. The number of nitrogens with zero attached hydrogens (tertiary/aromatic N) is 1. The van der Waals surface area contributed by atoms with Crippen molar-refractivity contribution in [2.75, 3.05) is 26.8 Å². The predicted molar refractivity (Wildman–Crippen MR) is 99.9 cm³/mol. The molecule has 5 nitrogen and oxygen atoms in total. The maximum atomic E-state index is 6.08. The van der Waals surface area contributed by atoms with Crippen molar-refractivity contribution >= 4 is 5.96 Å². The van der Waals surface area contributed by atoms with Gasteiger partial charge in [-0.25, -0.2) is 0 Å². The van der Waals surface area contributed by atoms with Gasteiger partial charge in [0.2, 0.25) is 0 Å². The topological polar surface area (TPSA) is 54.9 Å². The van der Waals surface area contributed by atoms with E-state index in [0.717, 1.165) is 25.7 Å². The molecule has 1 spiro atoms. The van der Waals surface area contributed by atoms with Gasteiger partial charge in [-0.05, 0) is 32.1 Å². The minimum Gasteiger partial charge on any atom is -0.377 e. The molecular formula is C20H35N3O2. The summed E-state index contributed by atoms with van der Waals surface area (Å²) in [6.45, 7) is 2.55. The third kappa shape index (κ3) is 3.42. The number of nitrogens with one attached hydrogen (secondary N) is 2. The second-order valence-electron chi connectivity index (χ2n) is 8.44. The van der Waals surface area contributed by atoms with Crippen LogP contribution < -0.4 is 10.6 Å². The normalized spacial score (nSPS) is 34.8. The molecule has 3 atom stereocenters. The molecule has 3 unspecified atom stereocenters. The van der Waals surface area contributed by atoms with Gasteiger partial charge in [-0.3, -0.25) is 4.99 Å². The van der Waals surface area contributed by atoms with Crippen molar-refractivity contribution < 1.29 is 9.47 Å². The van der Waals surface area contributed by atoms with Gasteiger partial charge in [-0.15, -0.1) is 0 Å². The molecule has 4 aliphatic rings. The Bertz CT molecular complexity index is 470. The van der Waals surface area contributed by atoms with Crippen molar-refractivity contribution in [1.82, 2.24) is 10.6 Å². The van der Waals surface area contributed by atoms with Crippen molar-refractivity contribution in [3.63, 3.8) is 0 Å². The molecule has 142 valence electrons. The molecule has 0 amide bonds.